The Labute approximate surface area is 156 Å². The first-order chi connectivity index (χ1) is 11.0. The van der Waals surface area contributed by atoms with E-state index in [0.29, 0.717) is 10.3 Å². The van der Waals surface area contributed by atoms with Gasteiger partial charge in [0.2, 0.25) is 0 Å². The van der Waals surface area contributed by atoms with Crippen LogP contribution in [0.5, 0.6) is 0 Å². The summed E-state index contributed by atoms with van der Waals surface area (Å²) in [6.07, 6.45) is 7.04. The summed E-state index contributed by atoms with van der Waals surface area (Å²) in [5.74, 6) is 0. The van der Waals surface area contributed by atoms with Crippen LogP contribution in [0.15, 0.2) is 12.7 Å². The number of aromatic nitrogens is 4. The van der Waals surface area contributed by atoms with Gasteiger partial charge in [-0.15, -0.1) is 0 Å². The van der Waals surface area contributed by atoms with Gasteiger partial charge in [0.1, 0.15) is 23.0 Å². The van der Waals surface area contributed by atoms with Crippen LogP contribution in [0.3, 0.4) is 0 Å². The maximum atomic E-state index is 5.91. The Kier molecular flexibility index (Phi) is 9.60. The molecule has 0 bridgehead atoms. The van der Waals surface area contributed by atoms with E-state index in [1.807, 2.05) is 6.92 Å². The minimum atomic E-state index is 0.585. The summed E-state index contributed by atoms with van der Waals surface area (Å²) >= 11 is 15.1. The van der Waals surface area contributed by atoms with Gasteiger partial charge in [-0.25, -0.2) is 19.9 Å². The third kappa shape index (κ3) is 6.32. The predicted molar refractivity (Wildman–Crippen MR) is 99.4 cm³/mol. The standard InChI is InChI=1S/C8H10BrClN2.C8H11ClN2/c1-2-3-6-7(4-9)11-5-12-8(6)10;1-3-4-7-6(2)10-5-11-8(7)9/h5H,2-4H2,1H3;5H,3-4H2,1-2H3. The number of aryl methyl sites for hydroxylation is 1. The smallest absolute Gasteiger partial charge is 0.135 e. The van der Waals surface area contributed by atoms with E-state index in [-0.39, 0.29) is 0 Å². The molecule has 0 fully saturated rings. The molecule has 23 heavy (non-hydrogen) atoms. The average molecular weight is 420 g/mol. The Morgan fingerprint density at radius 1 is 0.870 bits per heavy atom. The van der Waals surface area contributed by atoms with Crippen LogP contribution in [0, 0.1) is 6.92 Å². The highest BCUT2D eigenvalue weighted by molar-refractivity contribution is 9.08. The van der Waals surface area contributed by atoms with Crippen LogP contribution in [-0.4, -0.2) is 19.9 Å². The maximum absolute atomic E-state index is 5.91. The Morgan fingerprint density at radius 3 is 1.91 bits per heavy atom. The number of halogens is 3. The Hall–Kier alpha value is -0.780. The number of hydrogen-bond donors (Lipinski definition) is 0. The fraction of sp³-hybridized carbons (Fsp3) is 0.500. The molecule has 4 nitrogen and oxygen atoms in total. The van der Waals surface area contributed by atoms with Crippen molar-refractivity contribution in [2.75, 3.05) is 0 Å². The molecule has 0 aliphatic carbocycles. The predicted octanol–water partition coefficient (Wildman–Crippen LogP) is 5.37. The summed E-state index contributed by atoms with van der Waals surface area (Å²) in [5.41, 5.74) is 4.14. The van der Waals surface area contributed by atoms with Crippen LogP contribution in [0.4, 0.5) is 0 Å². The van der Waals surface area contributed by atoms with Crippen LogP contribution in [0.25, 0.3) is 0 Å². The lowest BCUT2D eigenvalue weighted by molar-refractivity contribution is 0.881. The van der Waals surface area contributed by atoms with Crippen LogP contribution in [0.1, 0.15) is 49.2 Å². The molecule has 126 valence electrons. The summed E-state index contributed by atoms with van der Waals surface area (Å²) in [7, 11) is 0. The highest BCUT2D eigenvalue weighted by atomic mass is 79.9. The molecule has 0 aliphatic heterocycles. The minimum absolute atomic E-state index is 0.585. The third-order valence-corrected chi connectivity index (χ3v) is 4.40. The van der Waals surface area contributed by atoms with E-state index in [0.717, 1.165) is 53.5 Å². The molecule has 0 aromatic carbocycles. The molecule has 0 N–H and O–H groups in total. The Balaban J connectivity index is 0.000000231. The van der Waals surface area contributed by atoms with Gasteiger partial charge in [0.05, 0.1) is 5.69 Å². The molecule has 0 saturated heterocycles. The second-order valence-corrected chi connectivity index (χ2v) is 6.23. The molecular formula is C16H21BrCl2N4. The van der Waals surface area contributed by atoms with Gasteiger partial charge in [-0.2, -0.15) is 0 Å². The van der Waals surface area contributed by atoms with Gasteiger partial charge in [0.25, 0.3) is 0 Å². The van der Waals surface area contributed by atoms with E-state index in [2.05, 4.69) is 49.7 Å². The molecule has 0 aliphatic rings. The number of hydrogen-bond acceptors (Lipinski definition) is 4. The van der Waals surface area contributed by atoms with Gasteiger partial charge in [-0.3, -0.25) is 0 Å². The van der Waals surface area contributed by atoms with Gasteiger partial charge in [-0.05, 0) is 19.8 Å². The zero-order valence-corrected chi connectivity index (χ0v) is 16.7. The van der Waals surface area contributed by atoms with Crippen molar-refractivity contribution in [1.29, 1.82) is 0 Å². The van der Waals surface area contributed by atoms with E-state index in [9.17, 15) is 0 Å². The molecule has 7 heteroatoms. The Bertz CT molecular complexity index is 603. The lowest BCUT2D eigenvalue weighted by Gasteiger charge is -2.05. The van der Waals surface area contributed by atoms with E-state index in [4.69, 9.17) is 23.2 Å². The minimum Gasteiger partial charge on any atom is -0.241 e. The molecule has 0 amide bonds. The number of alkyl halides is 1. The summed E-state index contributed by atoms with van der Waals surface area (Å²) < 4.78 is 0. The zero-order valence-electron chi connectivity index (χ0n) is 13.6. The van der Waals surface area contributed by atoms with Gasteiger partial charge >= 0.3 is 0 Å². The van der Waals surface area contributed by atoms with Crippen molar-refractivity contribution in [3.05, 3.63) is 45.5 Å². The molecule has 2 rings (SSSR count). The first-order valence-corrected chi connectivity index (χ1v) is 9.42. The third-order valence-electron chi connectivity index (χ3n) is 3.22. The summed E-state index contributed by atoms with van der Waals surface area (Å²) in [5, 5.41) is 1.92. The van der Waals surface area contributed by atoms with Crippen LogP contribution >= 0.6 is 39.1 Å². The first-order valence-electron chi connectivity index (χ1n) is 7.55. The number of rotatable bonds is 5. The van der Waals surface area contributed by atoms with Gasteiger partial charge in [0, 0.05) is 22.2 Å². The van der Waals surface area contributed by atoms with E-state index in [1.54, 1.807) is 0 Å². The van der Waals surface area contributed by atoms with Crippen molar-refractivity contribution in [2.24, 2.45) is 0 Å². The summed E-state index contributed by atoms with van der Waals surface area (Å²) in [6.45, 7) is 6.18. The fourth-order valence-electron chi connectivity index (χ4n) is 2.04. The molecule has 0 radical (unpaired) electrons. The summed E-state index contributed by atoms with van der Waals surface area (Å²) in [6, 6.07) is 0. The van der Waals surface area contributed by atoms with E-state index < -0.39 is 0 Å². The van der Waals surface area contributed by atoms with Crippen molar-refractivity contribution >= 4 is 39.1 Å². The largest absolute Gasteiger partial charge is 0.241 e. The normalized spacial score (nSPS) is 10.2. The van der Waals surface area contributed by atoms with Crippen LogP contribution in [0.2, 0.25) is 10.3 Å². The topological polar surface area (TPSA) is 51.6 Å². The fourth-order valence-corrected chi connectivity index (χ4v) is 3.05. The molecule has 0 unspecified atom stereocenters. The molecule has 2 heterocycles. The second kappa shape index (κ2) is 10.9. The molecule has 2 aromatic heterocycles. The molecule has 0 saturated carbocycles. The highest BCUT2D eigenvalue weighted by Gasteiger charge is 2.06. The van der Waals surface area contributed by atoms with Crippen molar-refractivity contribution < 1.29 is 0 Å². The van der Waals surface area contributed by atoms with Gasteiger partial charge in [0.15, 0.2) is 0 Å². The molecule has 2 aromatic rings. The van der Waals surface area contributed by atoms with Crippen molar-refractivity contribution in [3.8, 4) is 0 Å². The molecule has 0 spiro atoms. The molecule has 0 atom stereocenters. The van der Waals surface area contributed by atoms with Crippen LogP contribution < -0.4 is 0 Å². The van der Waals surface area contributed by atoms with E-state index in [1.165, 1.54) is 12.7 Å². The SMILES string of the molecule is CCCc1c(C)ncnc1Cl.CCCc1c(Cl)ncnc1CBr. The van der Waals surface area contributed by atoms with Crippen LogP contribution in [-0.2, 0) is 18.2 Å². The van der Waals surface area contributed by atoms with Crippen molar-refractivity contribution in [1.82, 2.24) is 19.9 Å². The van der Waals surface area contributed by atoms with Gasteiger partial charge in [-0.1, -0.05) is 65.8 Å². The monoisotopic (exact) mass is 418 g/mol. The maximum Gasteiger partial charge on any atom is 0.135 e. The average Bonchev–Trinajstić information content (AvgIpc) is 2.54. The zero-order chi connectivity index (χ0) is 17.2. The van der Waals surface area contributed by atoms with E-state index >= 15 is 0 Å². The first kappa shape index (κ1) is 20.3. The quantitative estimate of drug-likeness (QED) is 0.482. The van der Waals surface area contributed by atoms with Crippen molar-refractivity contribution in [3.63, 3.8) is 0 Å². The molecular weight excluding hydrogens is 399 g/mol. The second-order valence-electron chi connectivity index (χ2n) is 4.95. The summed E-state index contributed by atoms with van der Waals surface area (Å²) in [4.78, 5) is 16.0. The number of nitrogens with zero attached hydrogens (tertiary/aromatic N) is 4. The Morgan fingerprint density at radius 2 is 1.39 bits per heavy atom. The lowest BCUT2D eigenvalue weighted by Crippen LogP contribution is -1.98. The highest BCUT2D eigenvalue weighted by Crippen LogP contribution is 2.19. The lowest BCUT2D eigenvalue weighted by atomic mass is 10.1. The van der Waals surface area contributed by atoms with Crippen molar-refractivity contribution in [2.45, 2.75) is 51.8 Å². The van der Waals surface area contributed by atoms with Gasteiger partial charge < -0.3 is 0 Å².